The summed E-state index contributed by atoms with van der Waals surface area (Å²) in [7, 11) is 0. The second-order valence-electron chi connectivity index (χ2n) is 3.66. The maximum absolute atomic E-state index is 13.2. The van der Waals surface area contributed by atoms with E-state index in [4.69, 9.17) is 11.6 Å². The number of hydrogen-bond donors (Lipinski definition) is 1. The largest absolute Gasteiger partial charge is 0.313 e. The molecule has 0 bridgehead atoms. The molecule has 1 aromatic carbocycles. The van der Waals surface area contributed by atoms with Crippen molar-refractivity contribution in [2.75, 3.05) is 18.6 Å². The van der Waals surface area contributed by atoms with E-state index in [2.05, 4.69) is 18.5 Å². The first-order valence-electron chi connectivity index (χ1n) is 5.33. The first-order chi connectivity index (χ1) is 7.67. The van der Waals surface area contributed by atoms with Crippen LogP contribution in [0.3, 0.4) is 0 Å². The van der Waals surface area contributed by atoms with Gasteiger partial charge in [-0.3, -0.25) is 0 Å². The Kier molecular flexibility index (Phi) is 6.17. The summed E-state index contributed by atoms with van der Waals surface area (Å²) >= 11 is 7.44. The van der Waals surface area contributed by atoms with Crippen LogP contribution in [-0.2, 0) is 6.42 Å². The molecule has 1 N–H and O–H groups in total. The van der Waals surface area contributed by atoms with Crippen LogP contribution < -0.4 is 5.32 Å². The third kappa shape index (κ3) is 4.32. The van der Waals surface area contributed by atoms with Gasteiger partial charge < -0.3 is 5.32 Å². The van der Waals surface area contributed by atoms with Crippen molar-refractivity contribution in [2.45, 2.75) is 19.4 Å². The summed E-state index contributed by atoms with van der Waals surface area (Å²) in [4.78, 5) is 0. The fourth-order valence-corrected chi connectivity index (χ4v) is 2.39. The molecule has 1 unspecified atom stereocenters. The lowest BCUT2D eigenvalue weighted by atomic mass is 10.1. The SMILES string of the molecule is CCNC(CSC)Cc1ccc(Cl)c(F)c1. The first kappa shape index (κ1) is 13.8. The zero-order chi connectivity index (χ0) is 12.0. The molecule has 1 rings (SSSR count). The lowest BCUT2D eigenvalue weighted by Crippen LogP contribution is -2.33. The Labute approximate surface area is 106 Å². The minimum Gasteiger partial charge on any atom is -0.313 e. The molecule has 0 aromatic heterocycles. The van der Waals surface area contributed by atoms with Gasteiger partial charge in [0.25, 0.3) is 0 Å². The number of thioether (sulfide) groups is 1. The number of halogens is 2. The smallest absolute Gasteiger partial charge is 0.142 e. The monoisotopic (exact) mass is 261 g/mol. The summed E-state index contributed by atoms with van der Waals surface area (Å²) in [5.74, 6) is 0.691. The standard InChI is InChI=1S/C12H17ClFNS/c1-3-15-10(8-16-2)6-9-4-5-11(13)12(14)7-9/h4-5,7,10,15H,3,6,8H2,1-2H3. The Morgan fingerprint density at radius 2 is 2.25 bits per heavy atom. The van der Waals surface area contributed by atoms with Gasteiger partial charge in [0.1, 0.15) is 5.82 Å². The van der Waals surface area contributed by atoms with Crippen LogP contribution in [0, 0.1) is 5.82 Å². The number of likely N-dealkylation sites (N-methyl/N-ethyl adjacent to an activating group) is 1. The molecule has 90 valence electrons. The maximum Gasteiger partial charge on any atom is 0.142 e. The molecule has 0 spiro atoms. The zero-order valence-electron chi connectivity index (χ0n) is 9.59. The van der Waals surface area contributed by atoms with Crippen LogP contribution in [0.2, 0.25) is 5.02 Å². The molecular weight excluding hydrogens is 245 g/mol. The minimum absolute atomic E-state index is 0.189. The van der Waals surface area contributed by atoms with Gasteiger partial charge in [0, 0.05) is 11.8 Å². The predicted molar refractivity (Wildman–Crippen MR) is 71.0 cm³/mol. The quantitative estimate of drug-likeness (QED) is 0.843. The van der Waals surface area contributed by atoms with Gasteiger partial charge in [0.15, 0.2) is 0 Å². The Morgan fingerprint density at radius 1 is 1.50 bits per heavy atom. The molecule has 1 nitrogen and oxygen atoms in total. The molecule has 0 heterocycles. The molecule has 0 fully saturated rings. The van der Waals surface area contributed by atoms with E-state index in [1.807, 2.05) is 6.07 Å². The van der Waals surface area contributed by atoms with Crippen molar-refractivity contribution >= 4 is 23.4 Å². The van der Waals surface area contributed by atoms with E-state index in [1.165, 1.54) is 6.07 Å². The van der Waals surface area contributed by atoms with Gasteiger partial charge in [-0.1, -0.05) is 24.6 Å². The second-order valence-corrected chi connectivity index (χ2v) is 4.98. The van der Waals surface area contributed by atoms with Gasteiger partial charge in [-0.25, -0.2) is 4.39 Å². The summed E-state index contributed by atoms with van der Waals surface area (Å²) in [6, 6.07) is 5.41. The van der Waals surface area contributed by atoms with Crippen LogP contribution in [0.25, 0.3) is 0 Å². The number of nitrogens with one attached hydrogen (secondary N) is 1. The highest BCUT2D eigenvalue weighted by atomic mass is 35.5. The minimum atomic E-state index is -0.335. The lowest BCUT2D eigenvalue weighted by Gasteiger charge is -2.16. The maximum atomic E-state index is 13.2. The van der Waals surface area contributed by atoms with E-state index in [9.17, 15) is 4.39 Å². The van der Waals surface area contributed by atoms with Crippen molar-refractivity contribution in [3.05, 3.63) is 34.6 Å². The normalized spacial score (nSPS) is 12.8. The average molecular weight is 262 g/mol. The third-order valence-corrected chi connectivity index (χ3v) is 3.37. The molecule has 0 aliphatic heterocycles. The van der Waals surface area contributed by atoms with Crippen molar-refractivity contribution in [2.24, 2.45) is 0 Å². The summed E-state index contributed by atoms with van der Waals surface area (Å²) < 4.78 is 13.2. The molecule has 0 saturated carbocycles. The highest BCUT2D eigenvalue weighted by Crippen LogP contribution is 2.17. The topological polar surface area (TPSA) is 12.0 Å². The molecule has 4 heteroatoms. The van der Waals surface area contributed by atoms with Crippen LogP contribution in [-0.4, -0.2) is 24.6 Å². The number of hydrogen-bond acceptors (Lipinski definition) is 2. The van der Waals surface area contributed by atoms with Crippen LogP contribution in [0.4, 0.5) is 4.39 Å². The van der Waals surface area contributed by atoms with Crippen molar-refractivity contribution in [1.82, 2.24) is 5.32 Å². The van der Waals surface area contributed by atoms with E-state index >= 15 is 0 Å². The molecule has 0 aliphatic carbocycles. The van der Waals surface area contributed by atoms with E-state index in [0.717, 1.165) is 24.3 Å². The molecule has 16 heavy (non-hydrogen) atoms. The average Bonchev–Trinajstić information content (AvgIpc) is 2.24. The summed E-state index contributed by atoms with van der Waals surface area (Å²) in [5.41, 5.74) is 0.988. The fraction of sp³-hybridized carbons (Fsp3) is 0.500. The van der Waals surface area contributed by atoms with Gasteiger partial charge in [-0.15, -0.1) is 0 Å². The zero-order valence-corrected chi connectivity index (χ0v) is 11.2. The van der Waals surface area contributed by atoms with Gasteiger partial charge in [-0.05, 0) is 36.9 Å². The predicted octanol–water partition coefficient (Wildman–Crippen LogP) is 3.36. The van der Waals surface area contributed by atoms with E-state index in [-0.39, 0.29) is 10.8 Å². The van der Waals surface area contributed by atoms with E-state index in [0.29, 0.717) is 6.04 Å². The van der Waals surface area contributed by atoms with Crippen LogP contribution in [0.15, 0.2) is 18.2 Å². The Morgan fingerprint density at radius 3 is 2.81 bits per heavy atom. The van der Waals surface area contributed by atoms with Crippen molar-refractivity contribution in [1.29, 1.82) is 0 Å². The molecule has 0 radical (unpaired) electrons. The van der Waals surface area contributed by atoms with E-state index in [1.54, 1.807) is 17.8 Å². The Balaban J connectivity index is 2.65. The molecular formula is C12H17ClFNS. The summed E-state index contributed by atoms with van der Waals surface area (Å²) in [6.45, 7) is 3.01. The van der Waals surface area contributed by atoms with E-state index < -0.39 is 0 Å². The van der Waals surface area contributed by atoms with Gasteiger partial charge in [0.05, 0.1) is 5.02 Å². The number of benzene rings is 1. The molecule has 0 aliphatic rings. The summed E-state index contributed by atoms with van der Waals surface area (Å²) in [6.07, 6.45) is 2.91. The van der Waals surface area contributed by atoms with Crippen LogP contribution in [0.5, 0.6) is 0 Å². The molecule has 0 saturated heterocycles. The molecule has 0 amide bonds. The number of rotatable bonds is 6. The van der Waals surface area contributed by atoms with Crippen molar-refractivity contribution in [3.8, 4) is 0 Å². The van der Waals surface area contributed by atoms with Crippen molar-refractivity contribution in [3.63, 3.8) is 0 Å². The lowest BCUT2D eigenvalue weighted by molar-refractivity contribution is 0.568. The highest BCUT2D eigenvalue weighted by molar-refractivity contribution is 7.98. The van der Waals surface area contributed by atoms with Crippen LogP contribution >= 0.6 is 23.4 Å². The first-order valence-corrected chi connectivity index (χ1v) is 7.10. The highest BCUT2D eigenvalue weighted by Gasteiger charge is 2.09. The Hall–Kier alpha value is -0.250. The second kappa shape index (κ2) is 7.15. The fourth-order valence-electron chi connectivity index (χ4n) is 1.63. The summed E-state index contributed by atoms with van der Waals surface area (Å²) in [5, 5.41) is 3.58. The third-order valence-electron chi connectivity index (χ3n) is 2.33. The van der Waals surface area contributed by atoms with Crippen molar-refractivity contribution < 1.29 is 4.39 Å². The van der Waals surface area contributed by atoms with Gasteiger partial charge in [0.2, 0.25) is 0 Å². The van der Waals surface area contributed by atoms with Gasteiger partial charge >= 0.3 is 0 Å². The Bertz CT molecular complexity index is 327. The van der Waals surface area contributed by atoms with Gasteiger partial charge in [-0.2, -0.15) is 11.8 Å². The molecule has 1 aromatic rings. The molecule has 1 atom stereocenters. The van der Waals surface area contributed by atoms with Crippen LogP contribution in [0.1, 0.15) is 12.5 Å².